The SMILES string of the molecule is CCOc1cncc(OC(C)CNC)n1. The zero-order valence-corrected chi connectivity index (χ0v) is 9.36. The number of nitrogens with zero attached hydrogens (tertiary/aromatic N) is 2. The molecule has 15 heavy (non-hydrogen) atoms. The number of likely N-dealkylation sites (N-methyl/N-ethyl adjacent to an activating group) is 1. The molecule has 5 heteroatoms. The highest BCUT2D eigenvalue weighted by atomic mass is 16.5. The second kappa shape index (κ2) is 6.19. The van der Waals surface area contributed by atoms with Crippen LogP contribution in [0.3, 0.4) is 0 Å². The van der Waals surface area contributed by atoms with Crippen molar-refractivity contribution in [3.63, 3.8) is 0 Å². The third kappa shape index (κ3) is 4.12. The zero-order valence-electron chi connectivity index (χ0n) is 9.36. The minimum Gasteiger partial charge on any atom is -0.477 e. The fourth-order valence-corrected chi connectivity index (χ4v) is 1.14. The van der Waals surface area contributed by atoms with E-state index >= 15 is 0 Å². The summed E-state index contributed by atoms with van der Waals surface area (Å²) in [6.07, 6.45) is 3.20. The summed E-state index contributed by atoms with van der Waals surface area (Å²) in [4.78, 5) is 8.13. The van der Waals surface area contributed by atoms with E-state index < -0.39 is 0 Å². The van der Waals surface area contributed by atoms with Crippen molar-refractivity contribution >= 4 is 0 Å². The molecular formula is C10H17N3O2. The maximum atomic E-state index is 5.53. The van der Waals surface area contributed by atoms with Crippen LogP contribution in [0.4, 0.5) is 0 Å². The van der Waals surface area contributed by atoms with Crippen molar-refractivity contribution in [2.45, 2.75) is 20.0 Å². The van der Waals surface area contributed by atoms with Crippen molar-refractivity contribution in [1.29, 1.82) is 0 Å². The molecule has 0 bridgehead atoms. The topological polar surface area (TPSA) is 56.3 Å². The third-order valence-electron chi connectivity index (χ3n) is 1.70. The Kier molecular flexibility index (Phi) is 4.83. The van der Waals surface area contributed by atoms with Gasteiger partial charge in [0.1, 0.15) is 6.10 Å². The van der Waals surface area contributed by atoms with E-state index in [9.17, 15) is 0 Å². The minimum atomic E-state index is 0.0566. The van der Waals surface area contributed by atoms with Crippen LogP contribution < -0.4 is 14.8 Å². The smallest absolute Gasteiger partial charge is 0.235 e. The average Bonchev–Trinajstić information content (AvgIpc) is 2.19. The fraction of sp³-hybridized carbons (Fsp3) is 0.600. The first-order valence-corrected chi connectivity index (χ1v) is 5.02. The lowest BCUT2D eigenvalue weighted by Crippen LogP contribution is -2.26. The number of ether oxygens (including phenoxy) is 2. The van der Waals surface area contributed by atoms with Crippen molar-refractivity contribution in [2.24, 2.45) is 0 Å². The maximum absolute atomic E-state index is 5.53. The molecule has 1 aromatic heterocycles. The van der Waals surface area contributed by atoms with Crippen LogP contribution in [0.1, 0.15) is 13.8 Å². The van der Waals surface area contributed by atoms with E-state index in [0.29, 0.717) is 18.4 Å². The van der Waals surface area contributed by atoms with Crippen LogP contribution in [0.5, 0.6) is 11.8 Å². The van der Waals surface area contributed by atoms with Crippen molar-refractivity contribution in [2.75, 3.05) is 20.2 Å². The van der Waals surface area contributed by atoms with Gasteiger partial charge in [-0.2, -0.15) is 4.98 Å². The van der Waals surface area contributed by atoms with E-state index in [-0.39, 0.29) is 6.10 Å². The summed E-state index contributed by atoms with van der Waals surface area (Å²) >= 11 is 0. The Hall–Kier alpha value is -1.36. The normalized spacial score (nSPS) is 12.2. The molecule has 1 unspecified atom stereocenters. The Labute approximate surface area is 89.8 Å². The summed E-state index contributed by atoms with van der Waals surface area (Å²) in [6, 6.07) is 0. The molecule has 0 spiro atoms. The lowest BCUT2D eigenvalue weighted by atomic mass is 10.4. The van der Waals surface area contributed by atoms with E-state index in [1.54, 1.807) is 12.4 Å². The zero-order chi connectivity index (χ0) is 11.1. The summed E-state index contributed by atoms with van der Waals surface area (Å²) in [7, 11) is 1.88. The minimum absolute atomic E-state index is 0.0566. The molecule has 1 heterocycles. The molecule has 1 rings (SSSR count). The van der Waals surface area contributed by atoms with Crippen LogP contribution in [0.15, 0.2) is 12.4 Å². The standard InChI is InChI=1S/C10H17N3O2/c1-4-14-9-6-12-7-10(13-9)15-8(2)5-11-3/h6-8,11H,4-5H2,1-3H3. The number of hydrogen-bond donors (Lipinski definition) is 1. The van der Waals surface area contributed by atoms with Gasteiger partial charge in [0, 0.05) is 6.54 Å². The molecule has 0 radical (unpaired) electrons. The third-order valence-corrected chi connectivity index (χ3v) is 1.70. The highest BCUT2D eigenvalue weighted by Crippen LogP contribution is 2.12. The van der Waals surface area contributed by atoms with Crippen molar-refractivity contribution in [1.82, 2.24) is 15.3 Å². The summed E-state index contributed by atoms with van der Waals surface area (Å²) < 4.78 is 10.7. The second-order valence-corrected chi connectivity index (χ2v) is 3.11. The quantitative estimate of drug-likeness (QED) is 0.756. The predicted molar refractivity (Wildman–Crippen MR) is 57.2 cm³/mol. The van der Waals surface area contributed by atoms with Crippen LogP contribution in [-0.2, 0) is 0 Å². The summed E-state index contributed by atoms with van der Waals surface area (Å²) in [6.45, 7) is 5.20. The number of nitrogens with one attached hydrogen (secondary N) is 1. The van der Waals surface area contributed by atoms with Crippen LogP contribution >= 0.6 is 0 Å². The molecule has 1 aromatic rings. The Morgan fingerprint density at radius 3 is 2.80 bits per heavy atom. The van der Waals surface area contributed by atoms with Crippen LogP contribution in [-0.4, -0.2) is 36.3 Å². The molecule has 0 aliphatic carbocycles. The molecule has 0 amide bonds. The molecule has 1 N–H and O–H groups in total. The summed E-state index contributed by atoms with van der Waals surface area (Å²) in [5.41, 5.74) is 0. The molecule has 0 saturated heterocycles. The van der Waals surface area contributed by atoms with Crippen LogP contribution in [0.2, 0.25) is 0 Å². The van der Waals surface area contributed by atoms with E-state index in [1.807, 2.05) is 20.9 Å². The molecule has 0 saturated carbocycles. The van der Waals surface area contributed by atoms with Gasteiger partial charge in [-0.25, -0.2) is 0 Å². The van der Waals surface area contributed by atoms with E-state index in [1.165, 1.54) is 0 Å². The van der Waals surface area contributed by atoms with Gasteiger partial charge in [-0.05, 0) is 20.9 Å². The molecule has 84 valence electrons. The second-order valence-electron chi connectivity index (χ2n) is 3.11. The van der Waals surface area contributed by atoms with Gasteiger partial charge in [0.05, 0.1) is 19.0 Å². The van der Waals surface area contributed by atoms with Gasteiger partial charge in [-0.1, -0.05) is 0 Å². The number of hydrogen-bond acceptors (Lipinski definition) is 5. The highest BCUT2D eigenvalue weighted by Gasteiger charge is 2.05. The Morgan fingerprint density at radius 2 is 2.13 bits per heavy atom. The van der Waals surface area contributed by atoms with E-state index in [2.05, 4.69) is 15.3 Å². The lowest BCUT2D eigenvalue weighted by molar-refractivity contribution is 0.206. The van der Waals surface area contributed by atoms with Crippen LogP contribution in [0, 0.1) is 0 Å². The maximum Gasteiger partial charge on any atom is 0.235 e. The molecule has 0 aliphatic heterocycles. The first-order chi connectivity index (χ1) is 7.26. The number of aromatic nitrogens is 2. The molecule has 0 fully saturated rings. The largest absolute Gasteiger partial charge is 0.477 e. The van der Waals surface area contributed by atoms with Gasteiger partial charge < -0.3 is 14.8 Å². The van der Waals surface area contributed by atoms with Crippen molar-refractivity contribution in [3.8, 4) is 11.8 Å². The lowest BCUT2D eigenvalue weighted by Gasteiger charge is -2.13. The Balaban J connectivity index is 2.56. The summed E-state index contributed by atoms with van der Waals surface area (Å²) in [5, 5.41) is 3.02. The van der Waals surface area contributed by atoms with E-state index in [4.69, 9.17) is 9.47 Å². The number of rotatable bonds is 6. The predicted octanol–water partition coefficient (Wildman–Crippen LogP) is 0.862. The first-order valence-electron chi connectivity index (χ1n) is 5.02. The summed E-state index contributed by atoms with van der Waals surface area (Å²) in [5.74, 6) is 0.982. The Morgan fingerprint density at radius 1 is 1.40 bits per heavy atom. The monoisotopic (exact) mass is 211 g/mol. The molecular weight excluding hydrogens is 194 g/mol. The van der Waals surface area contributed by atoms with Crippen molar-refractivity contribution < 1.29 is 9.47 Å². The Bertz CT molecular complexity index is 294. The molecule has 0 aromatic carbocycles. The first kappa shape index (κ1) is 11.7. The highest BCUT2D eigenvalue weighted by molar-refractivity contribution is 5.12. The van der Waals surface area contributed by atoms with Crippen LogP contribution in [0.25, 0.3) is 0 Å². The van der Waals surface area contributed by atoms with E-state index in [0.717, 1.165) is 6.54 Å². The van der Waals surface area contributed by atoms with Gasteiger partial charge in [0.2, 0.25) is 11.8 Å². The van der Waals surface area contributed by atoms with Crippen molar-refractivity contribution in [3.05, 3.63) is 12.4 Å². The average molecular weight is 211 g/mol. The molecule has 5 nitrogen and oxygen atoms in total. The fourth-order valence-electron chi connectivity index (χ4n) is 1.14. The van der Waals surface area contributed by atoms with Gasteiger partial charge in [0.15, 0.2) is 0 Å². The van der Waals surface area contributed by atoms with Gasteiger partial charge in [-0.15, -0.1) is 0 Å². The van der Waals surface area contributed by atoms with Gasteiger partial charge in [0.25, 0.3) is 0 Å². The molecule has 0 aliphatic rings. The van der Waals surface area contributed by atoms with Gasteiger partial charge >= 0.3 is 0 Å². The van der Waals surface area contributed by atoms with Gasteiger partial charge in [-0.3, -0.25) is 4.98 Å². The molecule has 1 atom stereocenters.